The van der Waals surface area contributed by atoms with E-state index < -0.39 is 5.91 Å². The average molecular weight is 325 g/mol. The molecule has 7 heteroatoms. The molecule has 1 saturated carbocycles. The molecule has 1 aromatic carbocycles. The van der Waals surface area contributed by atoms with Crippen LogP contribution in [-0.2, 0) is 0 Å². The molecule has 5 nitrogen and oxygen atoms in total. The summed E-state index contributed by atoms with van der Waals surface area (Å²) < 4.78 is 0. The number of nitrogens with two attached hydrogens (primary N) is 1. The van der Waals surface area contributed by atoms with Gasteiger partial charge in [-0.3, -0.25) is 9.89 Å². The number of nitrogens with one attached hydrogen (secondary N) is 2. The molecule has 0 spiro atoms. The Hall–Kier alpha value is -1.72. The second-order valence-corrected chi connectivity index (χ2v) is 6.02. The number of carbonyl (C=O) groups is 1. The lowest BCUT2D eigenvalue weighted by molar-refractivity contribution is 0.102. The quantitative estimate of drug-likeness (QED) is 0.804. The number of hydrogen-bond donors (Lipinski definition) is 3. The minimum absolute atomic E-state index is 0.185. The summed E-state index contributed by atoms with van der Waals surface area (Å²) in [4.78, 5) is 12.3. The van der Waals surface area contributed by atoms with Crippen molar-refractivity contribution < 1.29 is 4.79 Å². The van der Waals surface area contributed by atoms with Crippen LogP contribution < -0.4 is 11.1 Å². The Morgan fingerprint density at radius 1 is 1.38 bits per heavy atom. The first-order valence-corrected chi connectivity index (χ1v) is 7.33. The molecule has 4 N–H and O–H groups in total. The van der Waals surface area contributed by atoms with Crippen molar-refractivity contribution in [3.8, 4) is 0 Å². The van der Waals surface area contributed by atoms with E-state index in [4.69, 9.17) is 28.9 Å². The third-order valence-corrected chi connectivity index (χ3v) is 4.25. The molecule has 0 aliphatic heterocycles. The van der Waals surface area contributed by atoms with Gasteiger partial charge in [0.25, 0.3) is 5.91 Å². The number of amides is 1. The van der Waals surface area contributed by atoms with Crippen LogP contribution in [-0.4, -0.2) is 16.1 Å². The molecule has 3 rings (SSSR count). The molecular weight excluding hydrogens is 311 g/mol. The van der Waals surface area contributed by atoms with E-state index in [-0.39, 0.29) is 5.69 Å². The van der Waals surface area contributed by atoms with Crippen molar-refractivity contribution in [2.24, 2.45) is 0 Å². The van der Waals surface area contributed by atoms with Gasteiger partial charge in [0.2, 0.25) is 0 Å². The van der Waals surface area contributed by atoms with Crippen molar-refractivity contribution in [3.63, 3.8) is 0 Å². The third kappa shape index (κ3) is 2.71. The number of nitrogen functional groups attached to an aromatic ring is 1. The number of carbonyl (C=O) groups excluding carboxylic acids is 1. The van der Waals surface area contributed by atoms with E-state index in [0.29, 0.717) is 27.3 Å². The molecule has 2 aromatic rings. The molecule has 0 unspecified atom stereocenters. The lowest BCUT2D eigenvalue weighted by Gasteiger charge is -2.08. The summed E-state index contributed by atoms with van der Waals surface area (Å²) in [5.41, 5.74) is 8.69. The van der Waals surface area contributed by atoms with E-state index in [1.165, 1.54) is 0 Å². The Kier molecular flexibility index (Phi) is 3.55. The van der Waals surface area contributed by atoms with Crippen molar-refractivity contribution in [1.29, 1.82) is 0 Å². The first-order valence-electron chi connectivity index (χ1n) is 6.58. The van der Waals surface area contributed by atoms with Crippen LogP contribution in [0.15, 0.2) is 12.1 Å². The van der Waals surface area contributed by atoms with Crippen LogP contribution in [0.25, 0.3) is 0 Å². The van der Waals surface area contributed by atoms with Gasteiger partial charge in [-0.05, 0) is 37.5 Å². The number of rotatable bonds is 3. The summed E-state index contributed by atoms with van der Waals surface area (Å²) in [6, 6.07) is 3.31. The first kappa shape index (κ1) is 14.2. The van der Waals surface area contributed by atoms with Crippen LogP contribution in [0.5, 0.6) is 0 Å². The van der Waals surface area contributed by atoms with E-state index in [9.17, 15) is 4.79 Å². The number of hydrogen-bond acceptors (Lipinski definition) is 3. The average Bonchev–Trinajstić information content (AvgIpc) is 3.19. The number of nitrogens with zero attached hydrogens (tertiary/aromatic N) is 1. The van der Waals surface area contributed by atoms with Gasteiger partial charge in [0.1, 0.15) is 0 Å². The maximum absolute atomic E-state index is 12.3. The normalized spacial score (nSPS) is 14.2. The van der Waals surface area contributed by atoms with E-state index in [1.54, 1.807) is 12.1 Å². The fourth-order valence-corrected chi connectivity index (χ4v) is 2.57. The molecule has 0 radical (unpaired) electrons. The van der Waals surface area contributed by atoms with Crippen LogP contribution in [0.1, 0.15) is 40.5 Å². The van der Waals surface area contributed by atoms with Crippen LogP contribution in [0, 0.1) is 6.92 Å². The van der Waals surface area contributed by atoms with Gasteiger partial charge in [-0.2, -0.15) is 5.10 Å². The molecular formula is C14H14Cl2N4O. The fourth-order valence-electron chi connectivity index (χ4n) is 2.14. The van der Waals surface area contributed by atoms with Gasteiger partial charge < -0.3 is 11.1 Å². The molecule has 1 aliphatic carbocycles. The van der Waals surface area contributed by atoms with E-state index in [0.717, 1.165) is 24.1 Å². The highest BCUT2D eigenvalue weighted by Crippen LogP contribution is 2.42. The Labute approximate surface area is 131 Å². The summed E-state index contributed by atoms with van der Waals surface area (Å²) in [6.07, 6.45) is 2.15. The molecule has 110 valence electrons. The first-order chi connectivity index (χ1) is 9.97. The zero-order valence-corrected chi connectivity index (χ0v) is 12.8. The number of anilines is 2. The maximum atomic E-state index is 12.3. The van der Waals surface area contributed by atoms with Gasteiger partial charge in [-0.25, -0.2) is 0 Å². The lowest BCUT2D eigenvalue weighted by atomic mass is 10.2. The fraction of sp³-hybridized carbons (Fsp3) is 0.286. The van der Waals surface area contributed by atoms with Crippen molar-refractivity contribution >= 4 is 40.5 Å². The lowest BCUT2D eigenvalue weighted by Crippen LogP contribution is -2.14. The Balaban J connectivity index is 1.85. The summed E-state index contributed by atoms with van der Waals surface area (Å²) in [7, 11) is 0. The van der Waals surface area contributed by atoms with Gasteiger partial charge in [0.05, 0.1) is 22.1 Å². The van der Waals surface area contributed by atoms with Crippen LogP contribution >= 0.6 is 23.2 Å². The van der Waals surface area contributed by atoms with E-state index in [2.05, 4.69) is 15.5 Å². The molecule has 0 atom stereocenters. The predicted molar refractivity (Wildman–Crippen MR) is 84.1 cm³/mol. The van der Waals surface area contributed by atoms with E-state index >= 15 is 0 Å². The van der Waals surface area contributed by atoms with Crippen LogP contribution in [0.2, 0.25) is 10.0 Å². The standard InChI is InChI=1S/C14H14Cl2N4O/c1-6-4-9(16)10(5-8(6)15)18-14(21)13-11(17)12(19-20-13)7-2-3-7/h4-5,7H,2-3,17H2,1H3,(H,18,21)(H,19,20). The third-order valence-electron chi connectivity index (χ3n) is 3.53. The Morgan fingerprint density at radius 2 is 2.10 bits per heavy atom. The minimum Gasteiger partial charge on any atom is -0.395 e. The number of H-pyrrole nitrogens is 1. The molecule has 1 amide bonds. The highest BCUT2D eigenvalue weighted by molar-refractivity contribution is 6.36. The summed E-state index contributed by atoms with van der Waals surface area (Å²) in [6.45, 7) is 1.84. The summed E-state index contributed by atoms with van der Waals surface area (Å²) in [5, 5.41) is 10.5. The molecule has 1 fully saturated rings. The smallest absolute Gasteiger partial charge is 0.278 e. The van der Waals surface area contributed by atoms with Gasteiger partial charge in [0, 0.05) is 10.9 Å². The highest BCUT2D eigenvalue weighted by Gasteiger charge is 2.30. The summed E-state index contributed by atoms with van der Waals surface area (Å²) in [5.74, 6) is -0.00562. The Morgan fingerprint density at radius 3 is 2.76 bits per heavy atom. The molecule has 21 heavy (non-hydrogen) atoms. The number of aromatic amines is 1. The second kappa shape index (κ2) is 5.24. The maximum Gasteiger partial charge on any atom is 0.278 e. The topological polar surface area (TPSA) is 83.8 Å². The minimum atomic E-state index is -0.405. The van der Waals surface area contributed by atoms with Gasteiger partial charge in [-0.15, -0.1) is 0 Å². The van der Waals surface area contributed by atoms with Crippen molar-refractivity contribution in [2.45, 2.75) is 25.7 Å². The van der Waals surface area contributed by atoms with Crippen LogP contribution in [0.3, 0.4) is 0 Å². The van der Waals surface area contributed by atoms with Crippen LogP contribution in [0.4, 0.5) is 11.4 Å². The largest absolute Gasteiger partial charge is 0.395 e. The number of benzene rings is 1. The molecule has 0 bridgehead atoms. The van der Waals surface area contributed by atoms with Crippen molar-refractivity contribution in [3.05, 3.63) is 39.1 Å². The number of aromatic nitrogens is 2. The highest BCUT2D eigenvalue weighted by atomic mass is 35.5. The van der Waals surface area contributed by atoms with Gasteiger partial charge in [0.15, 0.2) is 5.69 Å². The van der Waals surface area contributed by atoms with Crippen molar-refractivity contribution in [1.82, 2.24) is 10.2 Å². The molecule has 1 heterocycles. The molecule has 1 aromatic heterocycles. The van der Waals surface area contributed by atoms with Gasteiger partial charge >= 0.3 is 0 Å². The Bertz CT molecular complexity index is 722. The molecule has 1 aliphatic rings. The summed E-state index contributed by atoms with van der Waals surface area (Å²) >= 11 is 12.1. The number of aryl methyl sites for hydroxylation is 1. The predicted octanol–water partition coefficient (Wildman–Crippen LogP) is 3.74. The SMILES string of the molecule is Cc1cc(Cl)c(NC(=O)c2n[nH]c(C3CC3)c2N)cc1Cl. The zero-order valence-electron chi connectivity index (χ0n) is 11.3. The van der Waals surface area contributed by atoms with E-state index in [1.807, 2.05) is 6.92 Å². The van der Waals surface area contributed by atoms with Crippen molar-refractivity contribution in [2.75, 3.05) is 11.1 Å². The monoisotopic (exact) mass is 324 g/mol. The second-order valence-electron chi connectivity index (χ2n) is 5.21. The molecule has 0 saturated heterocycles. The van der Waals surface area contributed by atoms with Gasteiger partial charge in [-0.1, -0.05) is 23.2 Å². The zero-order chi connectivity index (χ0) is 15.1. The number of halogens is 2.